The molecular formula is C27H34N2O4. The molecule has 0 bridgehead atoms. The lowest BCUT2D eigenvalue weighted by Gasteiger charge is -2.15. The van der Waals surface area contributed by atoms with Crippen LogP contribution in [0.1, 0.15) is 30.0 Å². The Morgan fingerprint density at radius 2 is 1.48 bits per heavy atom. The predicted molar refractivity (Wildman–Crippen MR) is 135 cm³/mol. The molecule has 0 heterocycles. The number of benzene rings is 2. The van der Waals surface area contributed by atoms with Crippen LogP contribution < -0.4 is 19.7 Å². The summed E-state index contributed by atoms with van der Waals surface area (Å²) in [5.41, 5.74) is 3.64. The minimum absolute atomic E-state index is 0.233. The summed E-state index contributed by atoms with van der Waals surface area (Å²) in [4.78, 5) is 27.6. The van der Waals surface area contributed by atoms with Crippen LogP contribution in [0, 0.1) is 5.92 Å². The van der Waals surface area contributed by atoms with Crippen LogP contribution in [0.15, 0.2) is 48.6 Å². The van der Waals surface area contributed by atoms with Crippen molar-refractivity contribution >= 4 is 29.4 Å². The molecule has 6 nitrogen and oxygen atoms in total. The molecule has 1 N–H and O–H groups in total. The van der Waals surface area contributed by atoms with Gasteiger partial charge in [-0.1, -0.05) is 19.1 Å². The number of carbonyl (C=O) groups is 2. The van der Waals surface area contributed by atoms with E-state index in [0.29, 0.717) is 17.9 Å². The summed E-state index contributed by atoms with van der Waals surface area (Å²) in [5, 5.41) is 3.10. The van der Waals surface area contributed by atoms with Crippen molar-refractivity contribution in [1.29, 1.82) is 0 Å². The van der Waals surface area contributed by atoms with E-state index in [1.54, 1.807) is 26.4 Å². The van der Waals surface area contributed by atoms with Gasteiger partial charge in [0, 0.05) is 43.5 Å². The fourth-order valence-corrected chi connectivity index (χ4v) is 3.44. The second kappa shape index (κ2) is 12.6. The maximum absolute atomic E-state index is 12.8. The Balaban J connectivity index is 2.16. The maximum atomic E-state index is 12.8. The third-order valence-corrected chi connectivity index (χ3v) is 5.36. The van der Waals surface area contributed by atoms with Crippen molar-refractivity contribution < 1.29 is 19.1 Å². The van der Waals surface area contributed by atoms with Crippen molar-refractivity contribution in [2.75, 3.05) is 40.3 Å². The zero-order valence-corrected chi connectivity index (χ0v) is 20.3. The van der Waals surface area contributed by atoms with E-state index in [-0.39, 0.29) is 11.6 Å². The molecule has 0 spiro atoms. The quantitative estimate of drug-likeness (QED) is 0.382. The molecule has 1 unspecified atom stereocenters. The van der Waals surface area contributed by atoms with Crippen LogP contribution in [0.2, 0.25) is 0 Å². The van der Waals surface area contributed by atoms with Gasteiger partial charge in [0.1, 0.15) is 11.5 Å². The monoisotopic (exact) mass is 450 g/mol. The summed E-state index contributed by atoms with van der Waals surface area (Å²) in [7, 11) is 8.97. The minimum atomic E-state index is -0.737. The second-order valence-corrected chi connectivity index (χ2v) is 7.86. The molecule has 2 rings (SSSR count). The molecule has 0 radical (unpaired) electrons. The van der Waals surface area contributed by atoms with Crippen molar-refractivity contribution in [3.05, 3.63) is 65.2 Å². The van der Waals surface area contributed by atoms with Crippen LogP contribution >= 0.6 is 0 Å². The van der Waals surface area contributed by atoms with Gasteiger partial charge in [-0.2, -0.15) is 0 Å². The smallest absolute Gasteiger partial charge is 0.166 e. The Morgan fingerprint density at radius 3 is 1.97 bits per heavy atom. The Hall–Kier alpha value is -3.38. The molecule has 1 atom stereocenters. The molecule has 0 aromatic heterocycles. The number of hydrogen-bond acceptors (Lipinski definition) is 6. The molecule has 33 heavy (non-hydrogen) atoms. The Morgan fingerprint density at radius 1 is 0.939 bits per heavy atom. The lowest BCUT2D eigenvalue weighted by atomic mass is 9.94. The normalized spacial score (nSPS) is 12.2. The fraction of sp³-hybridized carbons (Fsp3) is 0.333. The zero-order chi connectivity index (χ0) is 24.4. The average molecular weight is 451 g/mol. The number of rotatable bonds is 12. The molecule has 0 aliphatic heterocycles. The zero-order valence-electron chi connectivity index (χ0n) is 20.3. The van der Waals surface area contributed by atoms with E-state index in [2.05, 4.69) is 5.32 Å². The Labute approximate surface area is 196 Å². The number of nitrogens with zero attached hydrogens (tertiary/aromatic N) is 1. The molecule has 0 saturated carbocycles. The van der Waals surface area contributed by atoms with E-state index in [1.807, 2.05) is 69.4 Å². The van der Waals surface area contributed by atoms with E-state index in [0.717, 1.165) is 28.9 Å². The number of ether oxygens (including phenoxy) is 2. The van der Waals surface area contributed by atoms with Crippen LogP contribution in [0.5, 0.6) is 11.5 Å². The van der Waals surface area contributed by atoms with Gasteiger partial charge in [-0.05, 0) is 61.5 Å². The van der Waals surface area contributed by atoms with Gasteiger partial charge < -0.3 is 19.7 Å². The predicted octanol–water partition coefficient (Wildman–Crippen LogP) is 4.38. The topological polar surface area (TPSA) is 67.9 Å². The van der Waals surface area contributed by atoms with E-state index < -0.39 is 5.92 Å². The lowest BCUT2D eigenvalue weighted by molar-refractivity contribution is -0.127. The number of carbonyl (C=O) groups excluding carboxylic acids is 2. The third-order valence-electron chi connectivity index (χ3n) is 5.36. The summed E-state index contributed by atoms with van der Waals surface area (Å²) in [6, 6.07) is 11.6. The molecule has 0 aliphatic rings. The van der Waals surface area contributed by atoms with E-state index in [1.165, 1.54) is 12.2 Å². The van der Waals surface area contributed by atoms with E-state index in [4.69, 9.17) is 9.47 Å². The van der Waals surface area contributed by atoms with Crippen LogP contribution in [0.4, 0.5) is 5.69 Å². The molecule has 2 aromatic carbocycles. The van der Waals surface area contributed by atoms with Gasteiger partial charge in [-0.15, -0.1) is 0 Å². The fourth-order valence-electron chi connectivity index (χ4n) is 3.44. The number of allylic oxidation sites excluding steroid dienone is 2. The number of ketones is 2. The first kappa shape index (κ1) is 25.9. The Kier molecular flexibility index (Phi) is 9.88. The molecule has 6 heteroatoms. The van der Waals surface area contributed by atoms with Gasteiger partial charge in [-0.25, -0.2) is 0 Å². The molecule has 0 saturated heterocycles. The number of anilines is 1. The van der Waals surface area contributed by atoms with Gasteiger partial charge >= 0.3 is 0 Å². The first-order chi connectivity index (χ1) is 15.8. The minimum Gasteiger partial charge on any atom is -0.496 e. The highest BCUT2D eigenvalue weighted by Gasteiger charge is 2.20. The van der Waals surface area contributed by atoms with Crippen LogP contribution in [0.25, 0.3) is 12.2 Å². The summed E-state index contributed by atoms with van der Waals surface area (Å²) >= 11 is 0. The SMILES string of the molecule is CCC(C(=O)/C=C/c1ccc(CNC)cc1OC)C(=O)/C=C/c1ccc(N(C)C)cc1OC. The van der Waals surface area contributed by atoms with Gasteiger partial charge in [0.05, 0.1) is 20.1 Å². The summed E-state index contributed by atoms with van der Waals surface area (Å²) in [5.74, 6) is 0.141. The second-order valence-electron chi connectivity index (χ2n) is 7.86. The first-order valence-corrected chi connectivity index (χ1v) is 10.9. The highest BCUT2D eigenvalue weighted by atomic mass is 16.5. The van der Waals surface area contributed by atoms with Crippen LogP contribution in [0.3, 0.4) is 0 Å². The maximum Gasteiger partial charge on any atom is 0.166 e. The molecule has 2 aromatic rings. The summed E-state index contributed by atoms with van der Waals surface area (Å²) < 4.78 is 10.9. The number of hydrogen-bond donors (Lipinski definition) is 1. The molecule has 0 aliphatic carbocycles. The standard InChI is InChI=1S/C27H34N2O4/c1-7-23(24(30)14-11-20-9-8-19(18-28-2)16-26(20)32-5)25(31)15-12-21-10-13-22(29(3)4)17-27(21)33-6/h8-17,23,28H,7,18H2,1-6H3/b14-11+,15-12+. The molecule has 0 fully saturated rings. The van der Waals surface area contributed by atoms with Gasteiger partial charge in [0.2, 0.25) is 0 Å². The largest absolute Gasteiger partial charge is 0.496 e. The van der Waals surface area contributed by atoms with Crippen LogP contribution in [-0.4, -0.2) is 46.9 Å². The molecule has 0 amide bonds. The van der Waals surface area contributed by atoms with Crippen LogP contribution in [-0.2, 0) is 16.1 Å². The van der Waals surface area contributed by atoms with Gasteiger partial charge in [0.25, 0.3) is 0 Å². The average Bonchev–Trinajstić information content (AvgIpc) is 2.82. The highest BCUT2D eigenvalue weighted by Crippen LogP contribution is 2.26. The highest BCUT2D eigenvalue weighted by molar-refractivity contribution is 6.13. The van der Waals surface area contributed by atoms with Gasteiger partial charge in [0.15, 0.2) is 11.6 Å². The molecule has 176 valence electrons. The molecular weight excluding hydrogens is 416 g/mol. The summed E-state index contributed by atoms with van der Waals surface area (Å²) in [6.07, 6.45) is 6.74. The first-order valence-electron chi connectivity index (χ1n) is 10.9. The van der Waals surface area contributed by atoms with Crippen molar-refractivity contribution in [1.82, 2.24) is 5.32 Å². The number of nitrogens with one attached hydrogen (secondary N) is 1. The summed E-state index contributed by atoms with van der Waals surface area (Å²) in [6.45, 7) is 2.56. The van der Waals surface area contributed by atoms with E-state index >= 15 is 0 Å². The van der Waals surface area contributed by atoms with Crippen molar-refractivity contribution in [3.8, 4) is 11.5 Å². The van der Waals surface area contributed by atoms with Crippen molar-refractivity contribution in [2.45, 2.75) is 19.9 Å². The lowest BCUT2D eigenvalue weighted by Crippen LogP contribution is -2.20. The van der Waals surface area contributed by atoms with Gasteiger partial charge in [-0.3, -0.25) is 9.59 Å². The van der Waals surface area contributed by atoms with Crippen molar-refractivity contribution in [3.63, 3.8) is 0 Å². The number of methoxy groups -OCH3 is 2. The van der Waals surface area contributed by atoms with Crippen molar-refractivity contribution in [2.24, 2.45) is 5.92 Å². The van der Waals surface area contributed by atoms with E-state index in [9.17, 15) is 9.59 Å². The third kappa shape index (κ3) is 7.05. The Bertz CT molecular complexity index is 1020.